The lowest BCUT2D eigenvalue weighted by atomic mass is 9.90. The summed E-state index contributed by atoms with van der Waals surface area (Å²) in [6, 6.07) is 6.00. The highest BCUT2D eigenvalue weighted by molar-refractivity contribution is 5.80. The van der Waals surface area contributed by atoms with Crippen LogP contribution in [-0.2, 0) is 18.4 Å². The summed E-state index contributed by atoms with van der Waals surface area (Å²) >= 11 is 0. The first-order valence-electron chi connectivity index (χ1n) is 8.52. The van der Waals surface area contributed by atoms with Crippen LogP contribution >= 0.6 is 0 Å². The van der Waals surface area contributed by atoms with Crippen LogP contribution in [0.2, 0.25) is 0 Å². The summed E-state index contributed by atoms with van der Waals surface area (Å²) in [4.78, 5) is 17.3. The molecule has 1 saturated heterocycles. The molecule has 0 bridgehead atoms. The van der Waals surface area contributed by atoms with Gasteiger partial charge in [-0.05, 0) is 24.6 Å². The molecule has 1 fully saturated rings. The largest absolute Gasteiger partial charge is 0.350 e. The van der Waals surface area contributed by atoms with Crippen molar-refractivity contribution in [2.75, 3.05) is 13.1 Å². The SMILES string of the molecule is Cc1cccc2nc(CNC(=O)[C@H]3CNC[C@@H]3c3cnn(C)c3)cn12. The van der Waals surface area contributed by atoms with E-state index >= 15 is 0 Å². The Balaban J connectivity index is 1.45. The van der Waals surface area contributed by atoms with Gasteiger partial charge in [0.15, 0.2) is 0 Å². The molecule has 7 nitrogen and oxygen atoms in total. The zero-order valence-corrected chi connectivity index (χ0v) is 14.4. The molecule has 0 spiro atoms. The molecule has 2 N–H and O–H groups in total. The molecule has 0 aliphatic carbocycles. The molecular formula is C18H22N6O. The van der Waals surface area contributed by atoms with Gasteiger partial charge in [-0.1, -0.05) is 6.07 Å². The molecule has 0 radical (unpaired) electrons. The Hall–Kier alpha value is -2.67. The number of pyridine rings is 1. The second-order valence-electron chi connectivity index (χ2n) is 6.66. The van der Waals surface area contributed by atoms with E-state index < -0.39 is 0 Å². The number of hydrogen-bond donors (Lipinski definition) is 2. The number of hydrogen-bond acceptors (Lipinski definition) is 4. The van der Waals surface area contributed by atoms with Gasteiger partial charge in [0.2, 0.25) is 5.91 Å². The maximum Gasteiger partial charge on any atom is 0.225 e. The molecule has 0 aromatic carbocycles. The lowest BCUT2D eigenvalue weighted by Crippen LogP contribution is -2.34. The number of rotatable bonds is 4. The van der Waals surface area contributed by atoms with Crippen molar-refractivity contribution in [3.8, 4) is 0 Å². The van der Waals surface area contributed by atoms with Crippen LogP contribution in [0.4, 0.5) is 0 Å². The molecule has 4 rings (SSSR count). The van der Waals surface area contributed by atoms with Gasteiger partial charge >= 0.3 is 0 Å². The monoisotopic (exact) mass is 338 g/mol. The Kier molecular flexibility index (Phi) is 4.01. The van der Waals surface area contributed by atoms with Crippen molar-refractivity contribution in [2.45, 2.75) is 19.4 Å². The van der Waals surface area contributed by atoms with Gasteiger partial charge in [-0.3, -0.25) is 9.48 Å². The maximum atomic E-state index is 12.7. The van der Waals surface area contributed by atoms with Gasteiger partial charge in [0, 0.05) is 44.1 Å². The topological polar surface area (TPSA) is 76.2 Å². The van der Waals surface area contributed by atoms with Crippen molar-refractivity contribution < 1.29 is 4.79 Å². The molecule has 2 atom stereocenters. The Morgan fingerprint density at radius 3 is 3.00 bits per heavy atom. The maximum absolute atomic E-state index is 12.7. The number of aryl methyl sites for hydroxylation is 2. The fourth-order valence-corrected chi connectivity index (χ4v) is 3.53. The molecule has 3 aromatic heterocycles. The number of nitrogens with zero attached hydrogens (tertiary/aromatic N) is 4. The third-order valence-electron chi connectivity index (χ3n) is 4.89. The van der Waals surface area contributed by atoms with E-state index in [9.17, 15) is 4.79 Å². The highest BCUT2D eigenvalue weighted by atomic mass is 16.1. The van der Waals surface area contributed by atoms with Crippen molar-refractivity contribution in [2.24, 2.45) is 13.0 Å². The average Bonchev–Trinajstić information content (AvgIpc) is 3.31. The summed E-state index contributed by atoms with van der Waals surface area (Å²) in [5, 5.41) is 10.6. The molecule has 3 aromatic rings. The van der Waals surface area contributed by atoms with Gasteiger partial charge in [0.1, 0.15) is 5.65 Å². The predicted octanol–water partition coefficient (Wildman–Crippen LogP) is 0.996. The zero-order chi connectivity index (χ0) is 17.4. The zero-order valence-electron chi connectivity index (χ0n) is 14.4. The quantitative estimate of drug-likeness (QED) is 0.744. The second kappa shape index (κ2) is 6.33. The molecule has 130 valence electrons. The van der Waals surface area contributed by atoms with Crippen molar-refractivity contribution in [3.63, 3.8) is 0 Å². The Labute approximate surface area is 146 Å². The summed E-state index contributed by atoms with van der Waals surface area (Å²) < 4.78 is 3.82. The summed E-state index contributed by atoms with van der Waals surface area (Å²) in [5.74, 6) is 0.146. The van der Waals surface area contributed by atoms with E-state index in [1.54, 1.807) is 4.68 Å². The highest BCUT2D eigenvalue weighted by Gasteiger charge is 2.34. The fraction of sp³-hybridized carbons (Fsp3) is 0.389. The van der Waals surface area contributed by atoms with Gasteiger partial charge in [-0.25, -0.2) is 4.98 Å². The molecule has 1 aliphatic rings. The van der Waals surface area contributed by atoms with Crippen molar-refractivity contribution in [3.05, 3.63) is 53.7 Å². The summed E-state index contributed by atoms with van der Waals surface area (Å²) in [7, 11) is 1.90. The normalized spacial score (nSPS) is 20.2. The van der Waals surface area contributed by atoms with E-state index in [4.69, 9.17) is 0 Å². The minimum atomic E-state index is -0.0806. The van der Waals surface area contributed by atoms with Crippen LogP contribution in [0.25, 0.3) is 5.65 Å². The van der Waals surface area contributed by atoms with E-state index in [0.29, 0.717) is 13.1 Å². The van der Waals surface area contributed by atoms with E-state index in [0.717, 1.165) is 29.1 Å². The number of amides is 1. The first kappa shape index (κ1) is 15.8. The molecule has 0 unspecified atom stereocenters. The third kappa shape index (κ3) is 3.02. The van der Waals surface area contributed by atoms with Crippen molar-refractivity contribution >= 4 is 11.6 Å². The minimum absolute atomic E-state index is 0.0626. The van der Waals surface area contributed by atoms with Crippen LogP contribution < -0.4 is 10.6 Å². The van der Waals surface area contributed by atoms with E-state index in [2.05, 4.69) is 20.7 Å². The van der Waals surface area contributed by atoms with Gasteiger partial charge < -0.3 is 15.0 Å². The van der Waals surface area contributed by atoms with E-state index in [1.807, 2.05) is 55.2 Å². The Morgan fingerprint density at radius 2 is 2.24 bits per heavy atom. The first-order valence-corrected chi connectivity index (χ1v) is 8.52. The summed E-state index contributed by atoms with van der Waals surface area (Å²) in [5.41, 5.74) is 4.00. The van der Waals surface area contributed by atoms with Crippen molar-refractivity contribution in [1.29, 1.82) is 0 Å². The van der Waals surface area contributed by atoms with Crippen LogP contribution in [0.5, 0.6) is 0 Å². The second-order valence-corrected chi connectivity index (χ2v) is 6.66. The molecule has 0 saturated carbocycles. The lowest BCUT2D eigenvalue weighted by Gasteiger charge is -2.16. The van der Waals surface area contributed by atoms with Crippen LogP contribution in [-0.4, -0.2) is 38.2 Å². The van der Waals surface area contributed by atoms with Gasteiger partial charge in [0.25, 0.3) is 0 Å². The number of aromatic nitrogens is 4. The number of fused-ring (bicyclic) bond motifs is 1. The molecule has 1 amide bonds. The standard InChI is InChI=1S/C18H22N6O/c1-12-4-3-5-17-22-14(11-24(12)17)7-20-18(25)16-9-19-8-15(16)13-6-21-23(2)10-13/h3-6,10-11,15-16,19H,7-9H2,1-2H3,(H,20,25)/t15-,16+/m1/s1. The highest BCUT2D eigenvalue weighted by Crippen LogP contribution is 2.27. The average molecular weight is 338 g/mol. The Bertz CT molecular complexity index is 911. The Morgan fingerprint density at radius 1 is 1.36 bits per heavy atom. The lowest BCUT2D eigenvalue weighted by molar-refractivity contribution is -0.125. The van der Waals surface area contributed by atoms with Gasteiger partial charge in [-0.2, -0.15) is 5.10 Å². The van der Waals surface area contributed by atoms with Crippen molar-refractivity contribution in [1.82, 2.24) is 29.8 Å². The van der Waals surface area contributed by atoms with Gasteiger partial charge in [-0.15, -0.1) is 0 Å². The van der Waals surface area contributed by atoms with Crippen LogP contribution in [0.1, 0.15) is 22.9 Å². The molecule has 1 aliphatic heterocycles. The van der Waals surface area contributed by atoms with E-state index in [-0.39, 0.29) is 17.7 Å². The molecule has 25 heavy (non-hydrogen) atoms. The fourth-order valence-electron chi connectivity index (χ4n) is 3.53. The van der Waals surface area contributed by atoms with Crippen LogP contribution in [0.15, 0.2) is 36.8 Å². The number of nitrogens with one attached hydrogen (secondary N) is 2. The minimum Gasteiger partial charge on any atom is -0.350 e. The van der Waals surface area contributed by atoms with Crippen LogP contribution in [0.3, 0.4) is 0 Å². The summed E-state index contributed by atoms with van der Waals surface area (Å²) in [6.07, 6.45) is 5.82. The number of carbonyl (C=O) groups is 1. The third-order valence-corrected chi connectivity index (χ3v) is 4.89. The molecule has 7 heteroatoms. The smallest absolute Gasteiger partial charge is 0.225 e. The predicted molar refractivity (Wildman–Crippen MR) is 94.1 cm³/mol. The number of carbonyl (C=O) groups excluding carboxylic acids is 1. The van der Waals surface area contributed by atoms with Crippen LogP contribution in [0, 0.1) is 12.8 Å². The molecular weight excluding hydrogens is 316 g/mol. The summed E-state index contributed by atoms with van der Waals surface area (Å²) in [6.45, 7) is 3.98. The molecule has 4 heterocycles. The first-order chi connectivity index (χ1) is 12.1. The van der Waals surface area contributed by atoms with Gasteiger partial charge in [0.05, 0.1) is 24.4 Å². The number of imidazole rings is 1. The van der Waals surface area contributed by atoms with E-state index in [1.165, 1.54) is 0 Å².